The number of nitrogens with two attached hydrogens (primary N) is 1. The van der Waals surface area contributed by atoms with E-state index in [9.17, 15) is 0 Å². The summed E-state index contributed by atoms with van der Waals surface area (Å²) in [6.45, 7) is 3.68. The van der Waals surface area contributed by atoms with Crippen LogP contribution in [0.1, 0.15) is 18.1 Å². The molecule has 2 aromatic rings. The van der Waals surface area contributed by atoms with Gasteiger partial charge in [0.2, 0.25) is 0 Å². The van der Waals surface area contributed by atoms with E-state index in [-0.39, 0.29) is 5.84 Å². The number of oxime groups is 1. The molecule has 0 aromatic heterocycles. The van der Waals surface area contributed by atoms with Crippen molar-refractivity contribution in [1.29, 1.82) is 0 Å². The van der Waals surface area contributed by atoms with Gasteiger partial charge in [0.15, 0.2) is 5.84 Å². The summed E-state index contributed by atoms with van der Waals surface area (Å²) in [6.07, 6.45) is 0. The number of anilines is 1. The summed E-state index contributed by atoms with van der Waals surface area (Å²) < 4.78 is 0. The molecule has 2 aromatic carbocycles. The minimum atomic E-state index is 0.0545. The summed E-state index contributed by atoms with van der Waals surface area (Å²) >= 11 is 6.30. The first-order valence-electron chi connectivity index (χ1n) is 6.72. The van der Waals surface area contributed by atoms with E-state index in [2.05, 4.69) is 29.1 Å². The van der Waals surface area contributed by atoms with Crippen LogP contribution in [0.2, 0.25) is 5.02 Å². The highest BCUT2D eigenvalue weighted by Gasteiger charge is 2.09. The molecule has 0 bridgehead atoms. The van der Waals surface area contributed by atoms with Gasteiger partial charge in [-0.15, -0.1) is 0 Å². The first-order valence-corrected chi connectivity index (χ1v) is 7.09. The van der Waals surface area contributed by atoms with Crippen molar-refractivity contribution in [3.05, 3.63) is 64.7 Å². The van der Waals surface area contributed by atoms with Gasteiger partial charge in [-0.3, -0.25) is 0 Å². The van der Waals surface area contributed by atoms with E-state index in [0.717, 1.165) is 17.8 Å². The number of hydrogen-bond donors (Lipinski definition) is 2. The normalized spacial score (nSPS) is 11.4. The Morgan fingerprint density at radius 1 is 1.24 bits per heavy atom. The average Bonchev–Trinajstić information content (AvgIpc) is 2.53. The number of rotatable bonds is 5. The maximum atomic E-state index is 8.69. The Kier molecular flexibility index (Phi) is 5.06. The second-order valence-electron chi connectivity index (χ2n) is 4.64. The van der Waals surface area contributed by atoms with Crippen LogP contribution < -0.4 is 10.6 Å². The molecule has 0 radical (unpaired) electrons. The lowest BCUT2D eigenvalue weighted by Crippen LogP contribution is -2.22. The van der Waals surface area contributed by atoms with E-state index in [1.807, 2.05) is 24.3 Å². The highest BCUT2D eigenvalue weighted by Crippen LogP contribution is 2.22. The van der Waals surface area contributed by atoms with Gasteiger partial charge in [0.05, 0.1) is 0 Å². The third kappa shape index (κ3) is 3.67. The first kappa shape index (κ1) is 15.2. The Bertz CT molecular complexity index is 629. The summed E-state index contributed by atoms with van der Waals surface area (Å²) in [7, 11) is 0. The van der Waals surface area contributed by atoms with Gasteiger partial charge in [-0.25, -0.2) is 0 Å². The molecule has 110 valence electrons. The van der Waals surface area contributed by atoms with Crippen LogP contribution in [0.15, 0.2) is 53.7 Å². The van der Waals surface area contributed by atoms with Crippen molar-refractivity contribution >= 4 is 23.1 Å². The summed E-state index contributed by atoms with van der Waals surface area (Å²) in [5, 5.41) is 12.3. The fraction of sp³-hybridized carbons (Fsp3) is 0.188. The largest absolute Gasteiger partial charge is 0.409 e. The molecule has 0 atom stereocenters. The number of hydrogen-bond acceptors (Lipinski definition) is 3. The number of amidine groups is 1. The van der Waals surface area contributed by atoms with Crippen LogP contribution in [0.25, 0.3) is 0 Å². The number of para-hydroxylation sites is 1. The van der Waals surface area contributed by atoms with E-state index < -0.39 is 0 Å². The van der Waals surface area contributed by atoms with Gasteiger partial charge in [-0.05, 0) is 30.7 Å². The summed E-state index contributed by atoms with van der Waals surface area (Å²) in [4.78, 5) is 2.23. The molecule has 0 fully saturated rings. The van der Waals surface area contributed by atoms with Gasteiger partial charge in [0.25, 0.3) is 0 Å². The number of benzene rings is 2. The molecule has 0 spiro atoms. The molecule has 5 heteroatoms. The molecule has 21 heavy (non-hydrogen) atoms. The molecule has 0 heterocycles. The quantitative estimate of drug-likeness (QED) is 0.385. The van der Waals surface area contributed by atoms with Gasteiger partial charge >= 0.3 is 0 Å². The van der Waals surface area contributed by atoms with E-state index in [0.29, 0.717) is 17.1 Å². The summed E-state index contributed by atoms with van der Waals surface area (Å²) in [5.41, 5.74) is 8.31. The van der Waals surface area contributed by atoms with Gasteiger partial charge < -0.3 is 15.8 Å². The Morgan fingerprint density at radius 2 is 1.95 bits per heavy atom. The van der Waals surface area contributed by atoms with Crippen molar-refractivity contribution in [2.75, 3.05) is 11.4 Å². The zero-order chi connectivity index (χ0) is 15.2. The predicted octanol–water partition coefficient (Wildman–Crippen LogP) is 3.46. The maximum Gasteiger partial charge on any atom is 0.170 e. The fourth-order valence-corrected chi connectivity index (χ4v) is 2.36. The highest BCUT2D eigenvalue weighted by molar-refractivity contribution is 6.31. The molecule has 0 aliphatic heterocycles. The molecule has 4 nitrogen and oxygen atoms in total. The Hall–Kier alpha value is -2.20. The smallest absolute Gasteiger partial charge is 0.170 e. The lowest BCUT2D eigenvalue weighted by molar-refractivity contribution is 0.318. The van der Waals surface area contributed by atoms with Crippen LogP contribution in [-0.4, -0.2) is 17.6 Å². The Labute approximate surface area is 129 Å². The number of nitrogens with zero attached hydrogens (tertiary/aromatic N) is 2. The monoisotopic (exact) mass is 303 g/mol. The topological polar surface area (TPSA) is 61.8 Å². The fourth-order valence-electron chi connectivity index (χ4n) is 2.12. The molecule has 3 N–H and O–H groups in total. The Balaban J connectivity index is 2.23. The zero-order valence-electron chi connectivity index (χ0n) is 11.8. The van der Waals surface area contributed by atoms with Crippen molar-refractivity contribution in [2.24, 2.45) is 10.9 Å². The van der Waals surface area contributed by atoms with Crippen LogP contribution in [0, 0.1) is 0 Å². The van der Waals surface area contributed by atoms with Crippen molar-refractivity contribution in [3.63, 3.8) is 0 Å². The molecule has 0 saturated heterocycles. The molecular formula is C16H18ClN3O. The van der Waals surface area contributed by atoms with Crippen LogP contribution in [-0.2, 0) is 6.54 Å². The SMILES string of the molecule is CCN(Cc1ccc(/C(N)=N/O)cc1Cl)c1ccccc1. The third-order valence-corrected chi connectivity index (χ3v) is 3.67. The predicted molar refractivity (Wildman–Crippen MR) is 87.1 cm³/mol. The van der Waals surface area contributed by atoms with E-state index >= 15 is 0 Å². The van der Waals surface area contributed by atoms with Crippen molar-refractivity contribution in [3.8, 4) is 0 Å². The summed E-state index contributed by atoms with van der Waals surface area (Å²) in [5.74, 6) is 0.0545. The minimum absolute atomic E-state index is 0.0545. The lowest BCUT2D eigenvalue weighted by atomic mass is 10.1. The van der Waals surface area contributed by atoms with Crippen LogP contribution in [0.4, 0.5) is 5.69 Å². The second kappa shape index (κ2) is 6.99. The molecule has 0 unspecified atom stereocenters. The molecule has 0 saturated carbocycles. The van der Waals surface area contributed by atoms with E-state index in [4.69, 9.17) is 22.5 Å². The molecular weight excluding hydrogens is 286 g/mol. The highest BCUT2D eigenvalue weighted by atomic mass is 35.5. The van der Waals surface area contributed by atoms with Gasteiger partial charge in [0, 0.05) is 29.4 Å². The number of halogens is 1. The molecule has 0 amide bonds. The van der Waals surface area contributed by atoms with E-state index in [1.165, 1.54) is 0 Å². The molecule has 0 aliphatic rings. The van der Waals surface area contributed by atoms with Crippen LogP contribution in [0.3, 0.4) is 0 Å². The third-order valence-electron chi connectivity index (χ3n) is 3.32. The Morgan fingerprint density at radius 3 is 2.52 bits per heavy atom. The van der Waals surface area contributed by atoms with Crippen LogP contribution >= 0.6 is 11.6 Å². The first-order chi connectivity index (χ1) is 10.2. The lowest BCUT2D eigenvalue weighted by Gasteiger charge is -2.23. The standard InChI is InChI=1S/C16H18ClN3O/c1-2-20(14-6-4-3-5-7-14)11-13-9-8-12(10-15(13)17)16(18)19-21/h3-10,21H,2,11H2,1H3,(H2,18,19). The molecule has 2 rings (SSSR count). The maximum absolute atomic E-state index is 8.69. The van der Waals surface area contributed by atoms with Gasteiger partial charge in [0.1, 0.15) is 0 Å². The van der Waals surface area contributed by atoms with Gasteiger partial charge in [-0.1, -0.05) is 47.1 Å². The van der Waals surface area contributed by atoms with Gasteiger partial charge in [-0.2, -0.15) is 0 Å². The summed E-state index contributed by atoms with van der Waals surface area (Å²) in [6, 6.07) is 15.6. The van der Waals surface area contributed by atoms with Crippen molar-refractivity contribution in [1.82, 2.24) is 0 Å². The van der Waals surface area contributed by atoms with Crippen LogP contribution in [0.5, 0.6) is 0 Å². The second-order valence-corrected chi connectivity index (χ2v) is 5.05. The zero-order valence-corrected chi connectivity index (χ0v) is 12.6. The minimum Gasteiger partial charge on any atom is -0.409 e. The van der Waals surface area contributed by atoms with Crippen molar-refractivity contribution < 1.29 is 5.21 Å². The van der Waals surface area contributed by atoms with Crippen molar-refractivity contribution in [2.45, 2.75) is 13.5 Å². The van der Waals surface area contributed by atoms with E-state index in [1.54, 1.807) is 12.1 Å². The average molecular weight is 304 g/mol. The molecule has 0 aliphatic carbocycles.